The minimum Gasteiger partial charge on any atom is -0.337 e. The average molecular weight is 487 g/mol. The lowest BCUT2D eigenvalue weighted by atomic mass is 10.0. The molecule has 0 saturated carbocycles. The Hall–Kier alpha value is -2.32. The Balaban J connectivity index is 1.67. The normalized spacial score (nSPS) is 20.3. The summed E-state index contributed by atoms with van der Waals surface area (Å²) >= 11 is 0. The number of carbonyl (C=O) groups is 1. The molecule has 1 unspecified atom stereocenters. The summed E-state index contributed by atoms with van der Waals surface area (Å²) in [6.45, 7) is -0.929. The zero-order valence-corrected chi connectivity index (χ0v) is 17.1. The number of benzene rings is 1. The maximum atomic E-state index is 13.8. The number of halogens is 5. The summed E-state index contributed by atoms with van der Waals surface area (Å²) in [5, 5.41) is 3.24. The predicted octanol–water partition coefficient (Wildman–Crippen LogP) is 0.911. The van der Waals surface area contributed by atoms with Crippen LogP contribution in [0.1, 0.15) is 12.0 Å². The van der Waals surface area contributed by atoms with Gasteiger partial charge in [-0.3, -0.25) is 4.79 Å². The van der Waals surface area contributed by atoms with Gasteiger partial charge in [0.15, 0.2) is 6.17 Å². The number of hydrogen-bond acceptors (Lipinski definition) is 7. The highest BCUT2D eigenvalue weighted by Gasteiger charge is 2.52. The van der Waals surface area contributed by atoms with Gasteiger partial charge in [-0.1, -0.05) is 0 Å². The van der Waals surface area contributed by atoms with E-state index in [1.165, 1.54) is 0 Å². The Kier molecular flexibility index (Phi) is 6.77. The fourth-order valence-electron chi connectivity index (χ4n) is 3.45. The van der Waals surface area contributed by atoms with Gasteiger partial charge in [0.2, 0.25) is 11.7 Å². The van der Waals surface area contributed by atoms with Crippen molar-refractivity contribution in [3.05, 3.63) is 35.4 Å². The summed E-state index contributed by atoms with van der Waals surface area (Å²) in [6.07, 6.45) is -6.84. The molecule has 0 spiro atoms. The lowest BCUT2D eigenvalue weighted by Crippen LogP contribution is -2.59. The van der Waals surface area contributed by atoms with Crippen LogP contribution in [0.4, 0.5) is 22.0 Å². The molecule has 16 heteroatoms. The highest BCUT2D eigenvalue weighted by Crippen LogP contribution is 2.41. The van der Waals surface area contributed by atoms with Gasteiger partial charge < -0.3 is 25.3 Å². The van der Waals surface area contributed by atoms with Gasteiger partial charge in [0.05, 0.1) is 6.54 Å². The summed E-state index contributed by atoms with van der Waals surface area (Å²) in [4.78, 5) is 32.4. The summed E-state index contributed by atoms with van der Waals surface area (Å²) < 4.78 is 82.1. The maximum Gasteiger partial charge on any atom is 0.492 e. The SMILES string of the molecule is N[C@@H](CC(=O)N1CCN2C(C(F)(F)F)=NN(OP(=O)(O)O)C2C1)Cc1cc(F)ccc1F. The number of amides is 1. The molecule has 2 aliphatic rings. The molecule has 178 valence electrons. The zero-order valence-electron chi connectivity index (χ0n) is 16.2. The van der Waals surface area contributed by atoms with Crippen molar-refractivity contribution in [2.24, 2.45) is 10.8 Å². The number of phosphoric acid groups is 1. The number of nitrogens with two attached hydrogens (primary N) is 1. The molecule has 1 aromatic rings. The smallest absolute Gasteiger partial charge is 0.337 e. The lowest BCUT2D eigenvalue weighted by molar-refractivity contribution is -0.156. The molecule has 1 amide bonds. The topological polar surface area (TPSA) is 132 Å². The maximum absolute atomic E-state index is 13.8. The number of hydrogen-bond donors (Lipinski definition) is 3. The first-order valence-corrected chi connectivity index (χ1v) is 10.7. The van der Waals surface area contributed by atoms with E-state index >= 15 is 0 Å². The molecule has 2 atom stereocenters. The third-order valence-electron chi connectivity index (χ3n) is 4.80. The molecule has 1 fully saturated rings. The van der Waals surface area contributed by atoms with Crippen molar-refractivity contribution in [2.75, 3.05) is 19.6 Å². The molecular weight excluding hydrogens is 468 g/mol. The van der Waals surface area contributed by atoms with E-state index in [4.69, 9.17) is 15.5 Å². The van der Waals surface area contributed by atoms with Crippen molar-refractivity contribution in [3.8, 4) is 0 Å². The largest absolute Gasteiger partial charge is 0.492 e. The number of amidine groups is 1. The standard InChI is InChI=1S/C16H19F5N5O5P/c17-10-1-2-12(18)9(5-10)6-11(22)7-14(27)24-3-4-25-13(8-24)26(31-32(28,29)30)23-15(25)16(19,20)21/h1-2,5,11,13H,3-4,6-8,22H2,(H2,28,29,30)/t11-,13?/m1/s1. The number of piperazine rings is 1. The number of fused-ring (bicyclic) bond motifs is 1. The van der Waals surface area contributed by atoms with Gasteiger partial charge in [-0.25, -0.2) is 13.3 Å². The van der Waals surface area contributed by atoms with Gasteiger partial charge in [-0.15, -0.1) is 14.9 Å². The highest BCUT2D eigenvalue weighted by atomic mass is 31.2. The van der Waals surface area contributed by atoms with Crippen LogP contribution in [0.25, 0.3) is 0 Å². The summed E-state index contributed by atoms with van der Waals surface area (Å²) in [5.74, 6) is -3.38. The summed E-state index contributed by atoms with van der Waals surface area (Å²) in [5.41, 5.74) is 5.84. The third-order valence-corrected chi connectivity index (χ3v) is 5.18. The van der Waals surface area contributed by atoms with Crippen LogP contribution >= 0.6 is 7.82 Å². The molecule has 1 aromatic carbocycles. The van der Waals surface area contributed by atoms with Crippen LogP contribution in [0.15, 0.2) is 23.3 Å². The molecule has 0 radical (unpaired) electrons. The second kappa shape index (κ2) is 8.90. The second-order valence-electron chi connectivity index (χ2n) is 7.21. The van der Waals surface area contributed by atoms with Gasteiger partial charge in [0.1, 0.15) is 11.6 Å². The average Bonchev–Trinajstić information content (AvgIpc) is 3.01. The van der Waals surface area contributed by atoms with Crippen LogP contribution in [0.3, 0.4) is 0 Å². The van der Waals surface area contributed by atoms with E-state index in [-0.39, 0.29) is 36.7 Å². The number of hydroxylamine groups is 1. The quantitative estimate of drug-likeness (QED) is 0.399. The molecule has 2 heterocycles. The van der Waals surface area contributed by atoms with E-state index in [2.05, 4.69) is 9.73 Å². The van der Waals surface area contributed by atoms with E-state index in [9.17, 15) is 31.3 Å². The molecule has 2 aliphatic heterocycles. The first-order valence-electron chi connectivity index (χ1n) is 9.19. The van der Waals surface area contributed by atoms with E-state index in [0.29, 0.717) is 0 Å². The van der Waals surface area contributed by atoms with Crippen LogP contribution in [-0.4, -0.2) is 74.5 Å². The van der Waals surface area contributed by atoms with Crippen LogP contribution in [0.2, 0.25) is 0 Å². The Morgan fingerprint density at radius 1 is 1.31 bits per heavy atom. The minimum atomic E-state index is -5.24. The highest BCUT2D eigenvalue weighted by molar-refractivity contribution is 7.46. The molecule has 32 heavy (non-hydrogen) atoms. The molecule has 3 rings (SSSR count). The molecule has 1 saturated heterocycles. The zero-order chi connectivity index (χ0) is 23.8. The van der Waals surface area contributed by atoms with Crippen molar-refractivity contribution in [2.45, 2.75) is 31.2 Å². The van der Waals surface area contributed by atoms with Crippen molar-refractivity contribution in [1.29, 1.82) is 0 Å². The Bertz CT molecular complexity index is 958. The third kappa shape index (κ3) is 5.72. The molecule has 4 N–H and O–H groups in total. The first kappa shape index (κ1) is 24.3. The number of hydrazone groups is 1. The summed E-state index contributed by atoms with van der Waals surface area (Å²) in [6, 6.07) is 1.89. The van der Waals surface area contributed by atoms with Crippen molar-refractivity contribution in [1.82, 2.24) is 15.0 Å². The van der Waals surface area contributed by atoms with Crippen LogP contribution in [0.5, 0.6) is 0 Å². The van der Waals surface area contributed by atoms with Gasteiger partial charge in [-0.2, -0.15) is 13.2 Å². The Labute approximate surface area is 178 Å². The molecule has 10 nitrogen and oxygen atoms in total. The van der Waals surface area contributed by atoms with E-state index in [0.717, 1.165) is 28.0 Å². The Morgan fingerprint density at radius 2 is 2.00 bits per heavy atom. The number of carbonyl (C=O) groups excluding carboxylic acids is 1. The van der Waals surface area contributed by atoms with Gasteiger partial charge in [0.25, 0.3) is 0 Å². The number of alkyl halides is 3. The number of rotatable bonds is 6. The lowest BCUT2D eigenvalue weighted by Gasteiger charge is -2.40. The monoisotopic (exact) mass is 487 g/mol. The first-order chi connectivity index (χ1) is 14.7. The molecule has 0 aliphatic carbocycles. The molecule has 0 bridgehead atoms. The van der Waals surface area contributed by atoms with Crippen LogP contribution in [-0.2, 0) is 20.4 Å². The number of nitrogens with zero attached hydrogens (tertiary/aromatic N) is 4. The second-order valence-corrected chi connectivity index (χ2v) is 8.36. The van der Waals surface area contributed by atoms with E-state index in [1.807, 2.05) is 0 Å². The fourth-order valence-corrected chi connectivity index (χ4v) is 3.82. The predicted molar refractivity (Wildman–Crippen MR) is 98.2 cm³/mol. The summed E-state index contributed by atoms with van der Waals surface area (Å²) in [7, 11) is -5.24. The Morgan fingerprint density at radius 3 is 2.62 bits per heavy atom. The van der Waals surface area contributed by atoms with Crippen molar-refractivity contribution in [3.63, 3.8) is 0 Å². The van der Waals surface area contributed by atoms with Gasteiger partial charge in [0, 0.05) is 25.6 Å². The fraction of sp³-hybridized carbons (Fsp3) is 0.500. The minimum absolute atomic E-state index is 0.0321. The van der Waals surface area contributed by atoms with E-state index < -0.39 is 56.1 Å². The van der Waals surface area contributed by atoms with Crippen LogP contribution < -0.4 is 5.73 Å². The van der Waals surface area contributed by atoms with Crippen LogP contribution in [0, 0.1) is 11.6 Å². The van der Waals surface area contributed by atoms with Crippen molar-refractivity contribution >= 4 is 19.6 Å². The molecule has 0 aromatic heterocycles. The van der Waals surface area contributed by atoms with Gasteiger partial charge >= 0.3 is 14.0 Å². The van der Waals surface area contributed by atoms with Crippen molar-refractivity contribution < 1.29 is 45.7 Å². The molecular formula is C16H19F5N5O5P. The van der Waals surface area contributed by atoms with Gasteiger partial charge in [-0.05, 0) is 30.2 Å². The van der Waals surface area contributed by atoms with E-state index in [1.54, 1.807) is 0 Å².